The number of hydrogen-bond acceptors (Lipinski definition) is 6. The maximum Gasteiger partial charge on any atom is 0.236 e. The zero-order valence-electron chi connectivity index (χ0n) is 11.1. The van der Waals surface area contributed by atoms with Gasteiger partial charge in [-0.1, -0.05) is 11.8 Å². The fraction of sp³-hybridized carbons (Fsp3) is 0.583. The highest BCUT2D eigenvalue weighted by Gasteiger charge is 2.24. The van der Waals surface area contributed by atoms with E-state index in [9.17, 15) is 4.79 Å². The highest BCUT2D eigenvalue weighted by molar-refractivity contribution is 8.00. The molecule has 7 heteroatoms. The average molecular weight is 282 g/mol. The molecule has 6 nitrogen and oxygen atoms in total. The maximum absolute atomic E-state index is 12.2. The Kier molecular flexibility index (Phi) is 4.60. The summed E-state index contributed by atoms with van der Waals surface area (Å²) in [6, 6.07) is 1.71. The van der Waals surface area contributed by atoms with E-state index in [-0.39, 0.29) is 11.2 Å². The van der Waals surface area contributed by atoms with Gasteiger partial charge in [0.25, 0.3) is 0 Å². The van der Waals surface area contributed by atoms with Crippen LogP contribution in [0.4, 0.5) is 5.82 Å². The van der Waals surface area contributed by atoms with Crippen LogP contribution in [0.25, 0.3) is 0 Å². The molecular weight excluding hydrogens is 264 g/mol. The summed E-state index contributed by atoms with van der Waals surface area (Å²) in [5.41, 5.74) is 6.48. The first kappa shape index (κ1) is 14.1. The minimum Gasteiger partial charge on any atom is -0.384 e. The molecule has 2 heterocycles. The van der Waals surface area contributed by atoms with Crippen LogP contribution in [-0.2, 0) is 9.53 Å². The Morgan fingerprint density at radius 2 is 2.16 bits per heavy atom. The van der Waals surface area contributed by atoms with Crippen molar-refractivity contribution in [1.29, 1.82) is 0 Å². The van der Waals surface area contributed by atoms with Crippen molar-refractivity contribution in [2.24, 2.45) is 0 Å². The van der Waals surface area contributed by atoms with Crippen molar-refractivity contribution in [3.63, 3.8) is 0 Å². The molecule has 0 bridgehead atoms. The normalized spacial score (nSPS) is 17.3. The van der Waals surface area contributed by atoms with Gasteiger partial charge in [0, 0.05) is 24.8 Å². The van der Waals surface area contributed by atoms with Gasteiger partial charge in [0.1, 0.15) is 5.82 Å². The topological polar surface area (TPSA) is 81.3 Å². The van der Waals surface area contributed by atoms with Crippen LogP contribution in [0.5, 0.6) is 0 Å². The van der Waals surface area contributed by atoms with Gasteiger partial charge in [0.05, 0.1) is 18.5 Å². The molecule has 104 valence electrons. The molecule has 0 radical (unpaired) electrons. The van der Waals surface area contributed by atoms with Crippen molar-refractivity contribution in [2.75, 3.05) is 32.0 Å². The number of nitrogen functional groups attached to an aromatic ring is 1. The van der Waals surface area contributed by atoms with Crippen molar-refractivity contribution in [2.45, 2.75) is 24.3 Å². The van der Waals surface area contributed by atoms with E-state index < -0.39 is 0 Å². The van der Waals surface area contributed by atoms with E-state index in [1.165, 1.54) is 11.8 Å². The number of amides is 1. The molecule has 1 aliphatic rings. The highest BCUT2D eigenvalue weighted by atomic mass is 32.2. The van der Waals surface area contributed by atoms with E-state index in [2.05, 4.69) is 9.97 Å². The number of aromatic nitrogens is 2. The molecule has 19 heavy (non-hydrogen) atoms. The Labute approximate surface area is 116 Å². The van der Waals surface area contributed by atoms with E-state index in [1.807, 2.05) is 18.7 Å². The zero-order chi connectivity index (χ0) is 13.8. The van der Waals surface area contributed by atoms with Gasteiger partial charge in [-0.05, 0) is 13.8 Å². The van der Waals surface area contributed by atoms with Crippen LogP contribution in [0.15, 0.2) is 11.2 Å². The summed E-state index contributed by atoms with van der Waals surface area (Å²) in [7, 11) is 0. The smallest absolute Gasteiger partial charge is 0.236 e. The first-order chi connectivity index (χ1) is 9.06. The quantitative estimate of drug-likeness (QED) is 0.649. The van der Waals surface area contributed by atoms with E-state index >= 15 is 0 Å². The number of carbonyl (C=O) groups is 1. The number of anilines is 1. The van der Waals surface area contributed by atoms with E-state index in [0.717, 1.165) is 5.69 Å². The molecule has 1 atom stereocenters. The highest BCUT2D eigenvalue weighted by Crippen LogP contribution is 2.22. The van der Waals surface area contributed by atoms with Gasteiger partial charge in [-0.25, -0.2) is 9.97 Å². The predicted octanol–water partition coefficient (Wildman–Crippen LogP) is 0.707. The lowest BCUT2D eigenvalue weighted by Gasteiger charge is -2.28. The van der Waals surface area contributed by atoms with Crippen LogP contribution in [0, 0.1) is 6.92 Å². The summed E-state index contributed by atoms with van der Waals surface area (Å²) in [5.74, 6) is 0.526. The number of hydrogen-bond donors (Lipinski definition) is 1. The largest absolute Gasteiger partial charge is 0.384 e. The lowest BCUT2D eigenvalue weighted by Crippen LogP contribution is -2.44. The van der Waals surface area contributed by atoms with Gasteiger partial charge in [0.2, 0.25) is 5.91 Å². The van der Waals surface area contributed by atoms with Gasteiger partial charge >= 0.3 is 0 Å². The molecule has 2 rings (SSSR count). The van der Waals surface area contributed by atoms with Crippen molar-refractivity contribution >= 4 is 23.5 Å². The molecule has 1 saturated heterocycles. The minimum atomic E-state index is -0.223. The van der Waals surface area contributed by atoms with E-state index in [4.69, 9.17) is 10.5 Å². The van der Waals surface area contributed by atoms with Gasteiger partial charge in [0.15, 0.2) is 5.16 Å². The first-order valence-electron chi connectivity index (χ1n) is 6.20. The maximum atomic E-state index is 12.2. The van der Waals surface area contributed by atoms with Crippen LogP contribution in [0.2, 0.25) is 0 Å². The van der Waals surface area contributed by atoms with Crippen LogP contribution >= 0.6 is 11.8 Å². The SMILES string of the molecule is Cc1cc(N)nc(SC(C)C(=O)N2CCOCC2)n1. The summed E-state index contributed by atoms with van der Waals surface area (Å²) < 4.78 is 5.24. The number of thioether (sulfide) groups is 1. The number of rotatable bonds is 3. The molecule has 0 aliphatic carbocycles. The van der Waals surface area contributed by atoms with Crippen molar-refractivity contribution in [1.82, 2.24) is 14.9 Å². The second-order valence-electron chi connectivity index (χ2n) is 4.41. The molecule has 1 aromatic rings. The van der Waals surface area contributed by atoms with Crippen LogP contribution in [-0.4, -0.2) is 52.3 Å². The number of carbonyl (C=O) groups excluding carboxylic acids is 1. The summed E-state index contributed by atoms with van der Waals surface area (Å²) in [5, 5.41) is 0.325. The van der Waals surface area contributed by atoms with Gasteiger partial charge in [-0.15, -0.1) is 0 Å². The molecule has 1 aromatic heterocycles. The Balaban J connectivity index is 1.99. The molecule has 1 fully saturated rings. The molecular formula is C12H18N4O2S. The zero-order valence-corrected chi connectivity index (χ0v) is 11.9. The molecule has 1 aliphatic heterocycles. The molecule has 2 N–H and O–H groups in total. The van der Waals surface area contributed by atoms with Crippen LogP contribution in [0.3, 0.4) is 0 Å². The van der Waals surface area contributed by atoms with Gasteiger partial charge in [-0.3, -0.25) is 4.79 Å². The Hall–Kier alpha value is -1.34. The fourth-order valence-electron chi connectivity index (χ4n) is 1.87. The Morgan fingerprint density at radius 1 is 1.47 bits per heavy atom. The van der Waals surface area contributed by atoms with E-state index in [0.29, 0.717) is 37.3 Å². The molecule has 0 aromatic carbocycles. The third-order valence-electron chi connectivity index (χ3n) is 2.81. The monoisotopic (exact) mass is 282 g/mol. The van der Waals surface area contributed by atoms with Crippen molar-refractivity contribution in [3.05, 3.63) is 11.8 Å². The third kappa shape index (κ3) is 3.81. The van der Waals surface area contributed by atoms with Crippen LogP contribution in [0.1, 0.15) is 12.6 Å². The summed E-state index contributed by atoms with van der Waals surface area (Å²) in [4.78, 5) is 22.5. The number of nitrogens with zero attached hydrogens (tertiary/aromatic N) is 3. The molecule has 1 unspecified atom stereocenters. The second-order valence-corrected chi connectivity index (χ2v) is 5.72. The Bertz CT molecular complexity index is 443. The average Bonchev–Trinajstić information content (AvgIpc) is 2.37. The van der Waals surface area contributed by atoms with Crippen molar-refractivity contribution in [3.8, 4) is 0 Å². The Morgan fingerprint density at radius 3 is 2.79 bits per heavy atom. The summed E-state index contributed by atoms with van der Waals surface area (Å²) in [6.45, 7) is 6.25. The minimum absolute atomic E-state index is 0.0944. The lowest BCUT2D eigenvalue weighted by molar-refractivity contribution is -0.134. The van der Waals surface area contributed by atoms with Crippen LogP contribution < -0.4 is 5.73 Å². The number of nitrogens with two attached hydrogens (primary N) is 1. The van der Waals surface area contributed by atoms with Gasteiger partial charge in [-0.2, -0.15) is 0 Å². The molecule has 0 spiro atoms. The second kappa shape index (κ2) is 6.21. The summed E-state index contributed by atoms with van der Waals surface area (Å²) in [6.07, 6.45) is 0. The fourth-order valence-corrected chi connectivity index (χ4v) is 2.79. The third-order valence-corrected chi connectivity index (χ3v) is 3.75. The number of ether oxygens (including phenoxy) is 1. The van der Waals surface area contributed by atoms with E-state index in [1.54, 1.807) is 6.07 Å². The predicted molar refractivity (Wildman–Crippen MR) is 73.9 cm³/mol. The molecule has 0 saturated carbocycles. The first-order valence-corrected chi connectivity index (χ1v) is 7.08. The standard InChI is InChI=1S/C12H18N4O2S/c1-8-7-10(13)15-12(14-8)19-9(2)11(17)16-3-5-18-6-4-16/h7,9H,3-6H2,1-2H3,(H2,13,14,15). The van der Waals surface area contributed by atoms with Crippen molar-refractivity contribution < 1.29 is 9.53 Å². The summed E-state index contributed by atoms with van der Waals surface area (Å²) >= 11 is 1.34. The number of aryl methyl sites for hydroxylation is 1. The lowest BCUT2D eigenvalue weighted by atomic mass is 10.3. The van der Waals surface area contributed by atoms with Gasteiger partial charge < -0.3 is 15.4 Å². The number of morpholine rings is 1. The molecule has 1 amide bonds.